The zero-order valence-electron chi connectivity index (χ0n) is 12.8. The third kappa shape index (κ3) is 4.18. The normalized spacial score (nSPS) is 16.6. The van der Waals surface area contributed by atoms with Gasteiger partial charge in [0, 0.05) is 43.5 Å². The van der Waals surface area contributed by atoms with E-state index in [9.17, 15) is 0 Å². The van der Waals surface area contributed by atoms with Gasteiger partial charge in [-0.1, -0.05) is 19.3 Å². The molecule has 2 N–H and O–H groups in total. The second-order valence-electron chi connectivity index (χ2n) is 5.69. The van der Waals surface area contributed by atoms with Gasteiger partial charge in [0.1, 0.15) is 5.75 Å². The van der Waals surface area contributed by atoms with E-state index in [1.54, 1.807) is 7.11 Å². The van der Waals surface area contributed by atoms with Crippen LogP contribution in [0, 0.1) is 6.92 Å². The van der Waals surface area contributed by atoms with Crippen LogP contribution in [0.1, 0.15) is 43.5 Å². The number of aromatic nitrogens is 1. The molecular weight excluding hydrogens is 250 g/mol. The Balaban J connectivity index is 2.08. The average Bonchev–Trinajstić information content (AvgIpc) is 2.47. The lowest BCUT2D eigenvalue weighted by molar-refractivity contribution is 0.150. The Labute approximate surface area is 122 Å². The predicted molar refractivity (Wildman–Crippen MR) is 81.9 cm³/mol. The fourth-order valence-corrected chi connectivity index (χ4v) is 3.11. The molecule has 1 fully saturated rings. The van der Waals surface area contributed by atoms with Crippen LogP contribution in [0.4, 0.5) is 0 Å². The zero-order chi connectivity index (χ0) is 14.4. The summed E-state index contributed by atoms with van der Waals surface area (Å²) in [7, 11) is 1.71. The maximum Gasteiger partial charge on any atom is 0.122 e. The minimum absolute atomic E-state index is 0.667. The van der Waals surface area contributed by atoms with Crippen LogP contribution < -0.4 is 10.5 Å². The quantitative estimate of drug-likeness (QED) is 0.868. The number of hydrogen-bond acceptors (Lipinski definition) is 4. The van der Waals surface area contributed by atoms with Crippen LogP contribution in [0.15, 0.2) is 12.1 Å². The van der Waals surface area contributed by atoms with Crippen molar-refractivity contribution < 1.29 is 4.74 Å². The molecule has 0 saturated heterocycles. The number of hydrogen-bond donors (Lipinski definition) is 1. The van der Waals surface area contributed by atoms with E-state index < -0.39 is 0 Å². The molecule has 0 atom stereocenters. The second kappa shape index (κ2) is 7.60. The van der Waals surface area contributed by atoms with E-state index in [-0.39, 0.29) is 0 Å². The third-order valence-corrected chi connectivity index (χ3v) is 4.09. The number of ether oxygens (including phenoxy) is 1. The van der Waals surface area contributed by atoms with Gasteiger partial charge in [0.15, 0.2) is 0 Å². The summed E-state index contributed by atoms with van der Waals surface area (Å²) in [6.07, 6.45) is 6.65. The highest BCUT2D eigenvalue weighted by Crippen LogP contribution is 2.24. The van der Waals surface area contributed by atoms with Gasteiger partial charge in [-0.2, -0.15) is 0 Å². The highest BCUT2D eigenvalue weighted by Gasteiger charge is 2.21. The van der Waals surface area contributed by atoms with Crippen molar-refractivity contribution in [2.75, 3.05) is 20.2 Å². The summed E-state index contributed by atoms with van der Waals surface area (Å²) in [4.78, 5) is 7.14. The standard InChI is InChI=1S/C16H27N3O/c1-13-10-16(20-2)11-14(18-13)12-19(9-8-17)15-6-4-3-5-7-15/h10-11,15H,3-9,12,17H2,1-2H3. The average molecular weight is 277 g/mol. The smallest absolute Gasteiger partial charge is 0.122 e. The monoisotopic (exact) mass is 277 g/mol. The fourth-order valence-electron chi connectivity index (χ4n) is 3.11. The highest BCUT2D eigenvalue weighted by atomic mass is 16.5. The summed E-state index contributed by atoms with van der Waals surface area (Å²) in [6, 6.07) is 4.68. The maximum absolute atomic E-state index is 5.79. The van der Waals surface area contributed by atoms with Crippen molar-refractivity contribution in [1.82, 2.24) is 9.88 Å². The molecule has 0 bridgehead atoms. The first-order valence-corrected chi connectivity index (χ1v) is 7.68. The molecule has 1 aromatic rings. The molecule has 0 radical (unpaired) electrons. The molecule has 1 heterocycles. The first kappa shape index (κ1) is 15.3. The lowest BCUT2D eigenvalue weighted by Gasteiger charge is -2.34. The van der Waals surface area contributed by atoms with Gasteiger partial charge >= 0.3 is 0 Å². The molecule has 20 heavy (non-hydrogen) atoms. The molecule has 1 aliphatic rings. The van der Waals surface area contributed by atoms with E-state index >= 15 is 0 Å². The van der Waals surface area contributed by atoms with Crippen molar-refractivity contribution in [2.45, 2.75) is 51.6 Å². The van der Waals surface area contributed by atoms with Gasteiger partial charge in [0.05, 0.1) is 12.8 Å². The summed E-state index contributed by atoms with van der Waals surface area (Å²) in [5.41, 5.74) is 7.88. The molecule has 4 heteroatoms. The summed E-state index contributed by atoms with van der Waals surface area (Å²) < 4.78 is 5.34. The van der Waals surface area contributed by atoms with E-state index in [1.807, 2.05) is 19.1 Å². The van der Waals surface area contributed by atoms with Gasteiger partial charge in [-0.25, -0.2) is 0 Å². The van der Waals surface area contributed by atoms with Crippen molar-refractivity contribution in [1.29, 1.82) is 0 Å². The summed E-state index contributed by atoms with van der Waals surface area (Å²) >= 11 is 0. The van der Waals surface area contributed by atoms with Gasteiger partial charge < -0.3 is 10.5 Å². The minimum Gasteiger partial charge on any atom is -0.497 e. The Morgan fingerprint density at radius 2 is 2.05 bits per heavy atom. The van der Waals surface area contributed by atoms with Crippen LogP contribution in [0.3, 0.4) is 0 Å². The summed E-state index contributed by atoms with van der Waals surface area (Å²) in [5.74, 6) is 0.892. The second-order valence-corrected chi connectivity index (χ2v) is 5.69. The van der Waals surface area contributed by atoms with Crippen LogP contribution in [-0.2, 0) is 6.54 Å². The predicted octanol–water partition coefficient (Wildman–Crippen LogP) is 2.49. The van der Waals surface area contributed by atoms with Gasteiger partial charge in [-0.05, 0) is 19.8 Å². The van der Waals surface area contributed by atoms with Gasteiger partial charge in [-0.3, -0.25) is 9.88 Å². The molecule has 112 valence electrons. The Hall–Kier alpha value is -1.13. The van der Waals surface area contributed by atoms with Crippen molar-refractivity contribution in [3.8, 4) is 5.75 Å². The lowest BCUT2D eigenvalue weighted by Crippen LogP contribution is -2.39. The van der Waals surface area contributed by atoms with Gasteiger partial charge in [-0.15, -0.1) is 0 Å². The largest absolute Gasteiger partial charge is 0.497 e. The van der Waals surface area contributed by atoms with Crippen LogP contribution in [0.2, 0.25) is 0 Å². The maximum atomic E-state index is 5.79. The number of nitrogens with two attached hydrogens (primary N) is 1. The van der Waals surface area contributed by atoms with Crippen molar-refractivity contribution in [3.63, 3.8) is 0 Å². The number of aryl methyl sites for hydroxylation is 1. The first-order valence-electron chi connectivity index (χ1n) is 7.68. The molecule has 0 aliphatic heterocycles. The molecular formula is C16H27N3O. The number of nitrogens with zero attached hydrogens (tertiary/aromatic N) is 2. The van der Waals surface area contributed by atoms with Crippen molar-refractivity contribution >= 4 is 0 Å². The van der Waals surface area contributed by atoms with E-state index in [2.05, 4.69) is 9.88 Å². The topological polar surface area (TPSA) is 51.4 Å². The number of pyridine rings is 1. The molecule has 0 amide bonds. The Morgan fingerprint density at radius 1 is 1.30 bits per heavy atom. The van der Waals surface area contributed by atoms with Crippen molar-refractivity contribution in [3.05, 3.63) is 23.5 Å². The zero-order valence-corrected chi connectivity index (χ0v) is 12.8. The van der Waals surface area contributed by atoms with E-state index in [4.69, 9.17) is 10.5 Å². The molecule has 2 rings (SSSR count). The van der Waals surface area contributed by atoms with Crippen LogP contribution in [0.5, 0.6) is 5.75 Å². The van der Waals surface area contributed by atoms with Crippen LogP contribution in [0.25, 0.3) is 0 Å². The summed E-state index contributed by atoms with van der Waals surface area (Å²) in [6.45, 7) is 4.54. The fraction of sp³-hybridized carbons (Fsp3) is 0.688. The molecule has 0 spiro atoms. The Bertz CT molecular complexity index is 416. The molecule has 1 saturated carbocycles. The van der Waals surface area contributed by atoms with Gasteiger partial charge in [0.25, 0.3) is 0 Å². The first-order chi connectivity index (χ1) is 9.72. The Kier molecular flexibility index (Phi) is 5.80. The highest BCUT2D eigenvalue weighted by molar-refractivity contribution is 5.26. The lowest BCUT2D eigenvalue weighted by atomic mass is 9.94. The van der Waals surface area contributed by atoms with E-state index in [1.165, 1.54) is 32.1 Å². The molecule has 0 aromatic carbocycles. The van der Waals surface area contributed by atoms with E-state index in [0.717, 1.165) is 30.2 Å². The number of rotatable bonds is 6. The molecule has 1 aliphatic carbocycles. The summed E-state index contributed by atoms with van der Waals surface area (Å²) in [5, 5.41) is 0. The van der Waals surface area contributed by atoms with Crippen LogP contribution >= 0.6 is 0 Å². The Morgan fingerprint density at radius 3 is 2.70 bits per heavy atom. The van der Waals surface area contributed by atoms with Gasteiger partial charge in [0.2, 0.25) is 0 Å². The minimum atomic E-state index is 0.667. The van der Waals surface area contributed by atoms with Crippen LogP contribution in [-0.4, -0.2) is 36.1 Å². The molecule has 1 aromatic heterocycles. The third-order valence-electron chi connectivity index (χ3n) is 4.09. The molecule has 4 nitrogen and oxygen atoms in total. The number of methoxy groups -OCH3 is 1. The molecule has 0 unspecified atom stereocenters. The van der Waals surface area contributed by atoms with E-state index in [0.29, 0.717) is 12.6 Å². The SMILES string of the molecule is COc1cc(C)nc(CN(CCN)C2CCCCC2)c1. The van der Waals surface area contributed by atoms with Crippen molar-refractivity contribution in [2.24, 2.45) is 5.73 Å².